The van der Waals surface area contributed by atoms with E-state index in [4.69, 9.17) is 4.98 Å². The lowest BCUT2D eigenvalue weighted by atomic mass is 9.69. The predicted octanol–water partition coefficient (Wildman–Crippen LogP) is 4.73. The van der Waals surface area contributed by atoms with Crippen LogP contribution in [0.1, 0.15) is 63.2 Å². The van der Waals surface area contributed by atoms with Crippen LogP contribution in [0, 0.1) is 16.7 Å². The number of rotatable bonds is 5. The highest BCUT2D eigenvalue weighted by Crippen LogP contribution is 2.65. The zero-order valence-corrected chi connectivity index (χ0v) is 20.9. The van der Waals surface area contributed by atoms with Crippen LogP contribution in [0.2, 0.25) is 0 Å². The molecule has 3 aliphatic rings. The topological polar surface area (TPSA) is 94.7 Å². The molecule has 1 unspecified atom stereocenters. The van der Waals surface area contributed by atoms with Crippen LogP contribution in [-0.2, 0) is 0 Å². The molecular formula is C28H36N6O. The monoisotopic (exact) mass is 472 g/mol. The van der Waals surface area contributed by atoms with Gasteiger partial charge in [0.15, 0.2) is 5.65 Å². The molecule has 0 radical (unpaired) electrons. The molecule has 2 bridgehead atoms. The van der Waals surface area contributed by atoms with Crippen LogP contribution in [0.15, 0.2) is 36.5 Å². The van der Waals surface area contributed by atoms with Gasteiger partial charge in [-0.05, 0) is 92.3 Å². The van der Waals surface area contributed by atoms with Crippen molar-refractivity contribution in [3.05, 3.63) is 42.1 Å². The maximum Gasteiger partial charge on any atom is 0.253 e. The molecule has 7 nitrogen and oxygen atoms in total. The molecule has 1 aromatic carbocycles. The maximum absolute atomic E-state index is 13.4. The van der Waals surface area contributed by atoms with Gasteiger partial charge in [-0.15, -0.1) is 0 Å². The summed E-state index contributed by atoms with van der Waals surface area (Å²) < 4.78 is 0. The van der Waals surface area contributed by atoms with E-state index in [1.165, 1.54) is 12.8 Å². The second kappa shape index (κ2) is 8.33. The summed E-state index contributed by atoms with van der Waals surface area (Å²) in [5, 5.41) is 10.4. The molecule has 1 amide bonds. The Hall–Kier alpha value is -2.93. The molecule has 3 aromatic rings. The van der Waals surface area contributed by atoms with E-state index in [0.29, 0.717) is 28.7 Å². The molecule has 6 rings (SSSR count). The van der Waals surface area contributed by atoms with Crippen LogP contribution in [0.4, 0.5) is 5.69 Å². The molecule has 1 saturated heterocycles. The first-order chi connectivity index (χ1) is 16.8. The highest BCUT2D eigenvalue weighted by molar-refractivity contribution is 6.04. The number of fused-ring (bicyclic) bond motifs is 3. The van der Waals surface area contributed by atoms with Crippen molar-refractivity contribution >= 4 is 22.8 Å². The van der Waals surface area contributed by atoms with E-state index >= 15 is 0 Å². The minimum atomic E-state index is -0.0495. The summed E-state index contributed by atoms with van der Waals surface area (Å²) in [7, 11) is 0. The summed E-state index contributed by atoms with van der Waals surface area (Å²) in [6, 6.07) is 10.8. The number of carbonyl (C=O) groups is 1. The van der Waals surface area contributed by atoms with E-state index in [9.17, 15) is 4.79 Å². The minimum absolute atomic E-state index is 0.0495. The fourth-order valence-electron chi connectivity index (χ4n) is 6.81. The summed E-state index contributed by atoms with van der Waals surface area (Å²) in [4.78, 5) is 26.0. The molecule has 2 aromatic heterocycles. The number of nitrogens with zero attached hydrogens (tertiary/aromatic N) is 2. The zero-order chi connectivity index (χ0) is 24.2. The van der Waals surface area contributed by atoms with Gasteiger partial charge in [-0.25, -0.2) is 9.97 Å². The van der Waals surface area contributed by atoms with Crippen molar-refractivity contribution in [2.24, 2.45) is 16.7 Å². The molecular weight excluding hydrogens is 436 g/mol. The third-order valence-corrected chi connectivity index (χ3v) is 9.60. The number of carbonyl (C=O) groups excluding carboxylic acids is 1. The third-order valence-electron chi connectivity index (χ3n) is 9.60. The third kappa shape index (κ3) is 3.71. The molecule has 3 heterocycles. The van der Waals surface area contributed by atoms with Gasteiger partial charge in [0.2, 0.25) is 0 Å². The van der Waals surface area contributed by atoms with E-state index in [2.05, 4.69) is 71.0 Å². The molecule has 35 heavy (non-hydrogen) atoms. The standard InChI is InChI=1S/C28H36N6O/c1-27(2)18-8-12-28(27,3)22(16-18)32-26(35)21-11-15-30-25-23(21)33-24(34-25)17-4-6-19(7-5-17)31-20-9-13-29-14-10-20/h4-7,11,15,18,20,22,29,31H,8-10,12-14,16H2,1-3H3,(H,32,35)(H,30,33,34)/t18?,22-,28-/m0/s1. The van der Waals surface area contributed by atoms with Crippen molar-refractivity contribution in [2.75, 3.05) is 18.4 Å². The second-order valence-electron chi connectivity index (χ2n) is 11.5. The SMILES string of the molecule is CC1(C)C2CC[C@@]1(C)[C@@H](NC(=O)c1ccnc3[nH]c(-c4ccc(NC5CCNCC5)cc4)nc13)C2. The molecule has 0 spiro atoms. The summed E-state index contributed by atoms with van der Waals surface area (Å²) in [6.45, 7) is 9.22. The van der Waals surface area contributed by atoms with Crippen molar-refractivity contribution < 1.29 is 4.79 Å². The van der Waals surface area contributed by atoms with Crippen LogP contribution < -0.4 is 16.0 Å². The number of aromatic amines is 1. The van der Waals surface area contributed by atoms with Gasteiger partial charge in [-0.2, -0.15) is 0 Å². The Bertz CT molecular complexity index is 1240. The van der Waals surface area contributed by atoms with Gasteiger partial charge in [0.1, 0.15) is 11.3 Å². The smallest absolute Gasteiger partial charge is 0.253 e. The molecule has 2 aliphatic carbocycles. The lowest BCUT2D eigenvalue weighted by molar-refractivity contribution is 0.0827. The number of hydrogen-bond acceptors (Lipinski definition) is 5. The van der Waals surface area contributed by atoms with Crippen LogP contribution in [0.3, 0.4) is 0 Å². The predicted molar refractivity (Wildman–Crippen MR) is 139 cm³/mol. The average Bonchev–Trinajstić information content (AvgIpc) is 3.45. The van der Waals surface area contributed by atoms with Crippen molar-refractivity contribution in [3.8, 4) is 11.4 Å². The normalized spacial score (nSPS) is 27.9. The Morgan fingerprint density at radius 1 is 1.06 bits per heavy atom. The maximum atomic E-state index is 13.4. The van der Waals surface area contributed by atoms with E-state index in [-0.39, 0.29) is 22.8 Å². The van der Waals surface area contributed by atoms with E-state index in [1.54, 1.807) is 12.3 Å². The number of nitrogens with one attached hydrogen (secondary N) is 4. The quantitative estimate of drug-likeness (QED) is 0.431. The van der Waals surface area contributed by atoms with Crippen molar-refractivity contribution in [2.45, 2.75) is 65.0 Å². The van der Waals surface area contributed by atoms with Gasteiger partial charge in [-0.3, -0.25) is 4.79 Å². The molecule has 2 saturated carbocycles. The number of anilines is 1. The van der Waals surface area contributed by atoms with Gasteiger partial charge in [0.05, 0.1) is 5.56 Å². The van der Waals surface area contributed by atoms with E-state index in [0.717, 1.165) is 49.4 Å². The molecule has 3 atom stereocenters. The van der Waals surface area contributed by atoms with Gasteiger partial charge in [0, 0.05) is 29.5 Å². The number of hydrogen-bond donors (Lipinski definition) is 4. The molecule has 3 fully saturated rings. The van der Waals surface area contributed by atoms with E-state index < -0.39 is 0 Å². The number of imidazole rings is 1. The summed E-state index contributed by atoms with van der Waals surface area (Å²) >= 11 is 0. The Morgan fingerprint density at radius 2 is 1.83 bits per heavy atom. The number of H-pyrrole nitrogens is 1. The first kappa shape index (κ1) is 22.5. The summed E-state index contributed by atoms with van der Waals surface area (Å²) in [6.07, 6.45) is 7.48. The number of aromatic nitrogens is 3. The fourth-order valence-corrected chi connectivity index (χ4v) is 6.81. The average molecular weight is 473 g/mol. The summed E-state index contributed by atoms with van der Waals surface area (Å²) in [5.41, 5.74) is 4.36. The number of benzene rings is 1. The molecule has 1 aliphatic heterocycles. The fraction of sp³-hybridized carbons (Fsp3) is 0.536. The molecule has 184 valence electrons. The Kier molecular flexibility index (Phi) is 5.36. The Morgan fingerprint density at radius 3 is 2.51 bits per heavy atom. The molecule has 4 N–H and O–H groups in total. The van der Waals surface area contributed by atoms with Crippen molar-refractivity contribution in [3.63, 3.8) is 0 Å². The van der Waals surface area contributed by atoms with Crippen LogP contribution in [0.25, 0.3) is 22.6 Å². The number of pyridine rings is 1. The van der Waals surface area contributed by atoms with Crippen molar-refractivity contribution in [1.29, 1.82) is 0 Å². The van der Waals surface area contributed by atoms with Gasteiger partial charge in [-0.1, -0.05) is 20.8 Å². The van der Waals surface area contributed by atoms with Gasteiger partial charge >= 0.3 is 0 Å². The number of piperidine rings is 1. The summed E-state index contributed by atoms with van der Waals surface area (Å²) in [5.74, 6) is 1.36. The Balaban J connectivity index is 1.21. The molecule has 7 heteroatoms. The van der Waals surface area contributed by atoms with Crippen molar-refractivity contribution in [1.82, 2.24) is 25.6 Å². The minimum Gasteiger partial charge on any atom is -0.382 e. The van der Waals surface area contributed by atoms with E-state index in [1.807, 2.05) is 0 Å². The lowest BCUT2D eigenvalue weighted by Gasteiger charge is -2.39. The first-order valence-electron chi connectivity index (χ1n) is 13.1. The zero-order valence-electron chi connectivity index (χ0n) is 20.9. The highest BCUT2D eigenvalue weighted by Gasteiger charge is 2.61. The van der Waals surface area contributed by atoms with Crippen LogP contribution >= 0.6 is 0 Å². The largest absolute Gasteiger partial charge is 0.382 e. The Labute approximate surface area is 206 Å². The van der Waals surface area contributed by atoms with Gasteiger partial charge in [0.25, 0.3) is 5.91 Å². The highest BCUT2D eigenvalue weighted by atomic mass is 16.1. The van der Waals surface area contributed by atoms with Gasteiger partial charge < -0.3 is 20.9 Å². The number of amides is 1. The lowest BCUT2D eigenvalue weighted by Crippen LogP contribution is -2.46. The second-order valence-corrected chi connectivity index (χ2v) is 11.5. The van der Waals surface area contributed by atoms with Crippen LogP contribution in [0.5, 0.6) is 0 Å². The van der Waals surface area contributed by atoms with Crippen LogP contribution in [-0.4, -0.2) is 46.0 Å². The first-order valence-corrected chi connectivity index (χ1v) is 13.1.